The van der Waals surface area contributed by atoms with Crippen LogP contribution >= 0.6 is 27.5 Å². The van der Waals surface area contributed by atoms with E-state index in [9.17, 15) is 0 Å². The molecule has 0 spiro atoms. The molecular formula is C12H13BrN4OS. The Labute approximate surface area is 123 Å². The van der Waals surface area contributed by atoms with Crippen LogP contribution < -0.4 is 9.64 Å². The van der Waals surface area contributed by atoms with Crippen molar-refractivity contribution in [3.63, 3.8) is 0 Å². The first-order valence-electron chi connectivity index (χ1n) is 6.04. The van der Waals surface area contributed by atoms with Crippen LogP contribution in [-0.2, 0) is 0 Å². The lowest BCUT2D eigenvalue weighted by Gasteiger charge is -2.16. The van der Waals surface area contributed by atoms with Crippen molar-refractivity contribution in [2.45, 2.75) is 19.4 Å². The molecule has 1 aliphatic rings. The van der Waals surface area contributed by atoms with Crippen molar-refractivity contribution in [3.8, 4) is 5.75 Å². The molecule has 0 radical (unpaired) electrons. The van der Waals surface area contributed by atoms with Gasteiger partial charge < -0.3 is 9.64 Å². The molecule has 0 saturated carbocycles. The second kappa shape index (κ2) is 5.42. The fourth-order valence-electron chi connectivity index (χ4n) is 2.05. The van der Waals surface area contributed by atoms with Gasteiger partial charge in [-0.05, 0) is 28.9 Å². The van der Waals surface area contributed by atoms with E-state index in [1.165, 1.54) is 11.5 Å². The molecule has 19 heavy (non-hydrogen) atoms. The number of pyridine rings is 1. The lowest BCUT2D eigenvalue weighted by Crippen LogP contribution is -2.24. The average Bonchev–Trinajstić information content (AvgIpc) is 3.01. The van der Waals surface area contributed by atoms with Crippen molar-refractivity contribution >= 4 is 32.6 Å². The van der Waals surface area contributed by atoms with E-state index in [4.69, 9.17) is 4.74 Å². The first kappa shape index (κ1) is 12.8. The van der Waals surface area contributed by atoms with Crippen LogP contribution in [0.3, 0.4) is 0 Å². The summed E-state index contributed by atoms with van der Waals surface area (Å²) in [6, 6.07) is 1.88. The predicted molar refractivity (Wildman–Crippen MR) is 77.8 cm³/mol. The normalized spacial score (nSPS) is 18.8. The van der Waals surface area contributed by atoms with Crippen molar-refractivity contribution < 1.29 is 4.74 Å². The van der Waals surface area contributed by atoms with Crippen molar-refractivity contribution in [2.24, 2.45) is 0 Å². The SMILES string of the molecule is Cc1nsc(N2CCC(Oc3ccncc3Br)C2)n1. The minimum Gasteiger partial charge on any atom is -0.487 e. The van der Waals surface area contributed by atoms with Gasteiger partial charge in [-0.3, -0.25) is 4.98 Å². The Bertz CT molecular complexity index is 576. The monoisotopic (exact) mass is 340 g/mol. The zero-order chi connectivity index (χ0) is 13.2. The lowest BCUT2D eigenvalue weighted by molar-refractivity contribution is 0.223. The summed E-state index contributed by atoms with van der Waals surface area (Å²) in [7, 11) is 0. The molecule has 1 aliphatic heterocycles. The van der Waals surface area contributed by atoms with Crippen molar-refractivity contribution in [1.82, 2.24) is 14.3 Å². The van der Waals surface area contributed by atoms with Gasteiger partial charge >= 0.3 is 0 Å². The molecule has 3 heterocycles. The molecule has 1 saturated heterocycles. The molecule has 100 valence electrons. The molecular weight excluding hydrogens is 328 g/mol. The Morgan fingerprint density at radius 1 is 1.53 bits per heavy atom. The number of nitrogens with zero attached hydrogens (tertiary/aromatic N) is 4. The van der Waals surface area contributed by atoms with E-state index < -0.39 is 0 Å². The third kappa shape index (κ3) is 2.87. The highest BCUT2D eigenvalue weighted by molar-refractivity contribution is 9.10. The maximum absolute atomic E-state index is 5.99. The van der Waals surface area contributed by atoms with Gasteiger partial charge in [0.05, 0.1) is 11.0 Å². The van der Waals surface area contributed by atoms with Crippen molar-refractivity contribution in [1.29, 1.82) is 0 Å². The number of aromatic nitrogens is 3. The van der Waals surface area contributed by atoms with E-state index in [-0.39, 0.29) is 6.10 Å². The second-order valence-corrected chi connectivity index (χ2v) is 5.99. The maximum Gasteiger partial charge on any atom is 0.205 e. The van der Waals surface area contributed by atoms with Gasteiger partial charge in [-0.2, -0.15) is 4.37 Å². The highest BCUT2D eigenvalue weighted by Gasteiger charge is 2.26. The van der Waals surface area contributed by atoms with Crippen molar-refractivity contribution in [3.05, 3.63) is 28.8 Å². The van der Waals surface area contributed by atoms with Crippen LogP contribution in [0.2, 0.25) is 0 Å². The molecule has 0 aliphatic carbocycles. The van der Waals surface area contributed by atoms with Gasteiger partial charge in [-0.1, -0.05) is 0 Å². The van der Waals surface area contributed by atoms with Crippen LogP contribution in [0.15, 0.2) is 22.9 Å². The number of hydrogen-bond acceptors (Lipinski definition) is 6. The zero-order valence-electron chi connectivity index (χ0n) is 10.4. The molecule has 5 nitrogen and oxygen atoms in total. The summed E-state index contributed by atoms with van der Waals surface area (Å²) in [5.41, 5.74) is 0. The van der Waals surface area contributed by atoms with E-state index in [2.05, 4.69) is 35.2 Å². The van der Waals surface area contributed by atoms with E-state index in [0.717, 1.165) is 40.7 Å². The molecule has 0 aromatic carbocycles. The third-order valence-electron chi connectivity index (χ3n) is 2.96. The Kier molecular flexibility index (Phi) is 3.65. The number of rotatable bonds is 3. The summed E-state index contributed by atoms with van der Waals surface area (Å²) in [4.78, 5) is 10.7. The number of anilines is 1. The summed E-state index contributed by atoms with van der Waals surface area (Å²) in [5, 5.41) is 0.984. The molecule has 2 aromatic rings. The summed E-state index contributed by atoms with van der Waals surface area (Å²) in [6.07, 6.45) is 4.66. The molecule has 7 heteroatoms. The van der Waals surface area contributed by atoms with Crippen LogP contribution in [0.25, 0.3) is 0 Å². The molecule has 1 fully saturated rings. The quantitative estimate of drug-likeness (QED) is 0.859. The van der Waals surface area contributed by atoms with Crippen LogP contribution in [0.5, 0.6) is 5.75 Å². The van der Waals surface area contributed by atoms with Gasteiger partial charge in [0.1, 0.15) is 17.7 Å². The minimum absolute atomic E-state index is 0.183. The molecule has 2 aromatic heterocycles. The Morgan fingerprint density at radius 3 is 3.16 bits per heavy atom. The highest BCUT2D eigenvalue weighted by atomic mass is 79.9. The van der Waals surface area contributed by atoms with Crippen LogP contribution in [0.4, 0.5) is 5.13 Å². The Morgan fingerprint density at radius 2 is 2.42 bits per heavy atom. The largest absolute Gasteiger partial charge is 0.487 e. The van der Waals surface area contributed by atoms with Crippen LogP contribution in [-0.4, -0.2) is 33.5 Å². The van der Waals surface area contributed by atoms with E-state index in [1.807, 2.05) is 13.0 Å². The standard InChI is InChI=1S/C12H13BrN4OS/c1-8-15-12(19-16-8)17-5-3-9(7-17)18-11-2-4-14-6-10(11)13/h2,4,6,9H,3,5,7H2,1H3. The average molecular weight is 341 g/mol. The lowest BCUT2D eigenvalue weighted by atomic mass is 10.3. The molecule has 0 amide bonds. The molecule has 1 unspecified atom stereocenters. The molecule has 3 rings (SSSR count). The molecule has 1 atom stereocenters. The van der Waals surface area contributed by atoms with Gasteiger partial charge in [-0.15, -0.1) is 0 Å². The highest BCUT2D eigenvalue weighted by Crippen LogP contribution is 2.28. The first-order valence-corrected chi connectivity index (χ1v) is 7.60. The Hall–Kier alpha value is -1.21. The van der Waals surface area contributed by atoms with Gasteiger partial charge in [0.15, 0.2) is 0 Å². The smallest absolute Gasteiger partial charge is 0.205 e. The van der Waals surface area contributed by atoms with E-state index >= 15 is 0 Å². The molecule has 0 bridgehead atoms. The first-order chi connectivity index (χ1) is 9.22. The summed E-state index contributed by atoms with van der Waals surface area (Å²) in [5.74, 6) is 1.68. The topological polar surface area (TPSA) is 51.1 Å². The maximum atomic E-state index is 5.99. The summed E-state index contributed by atoms with van der Waals surface area (Å²) < 4.78 is 11.1. The number of hydrogen-bond donors (Lipinski definition) is 0. The van der Waals surface area contributed by atoms with E-state index in [1.54, 1.807) is 12.4 Å². The fraction of sp³-hybridized carbons (Fsp3) is 0.417. The summed E-state index contributed by atoms with van der Waals surface area (Å²) in [6.45, 7) is 3.73. The van der Waals surface area contributed by atoms with Gasteiger partial charge in [0, 0.05) is 36.9 Å². The van der Waals surface area contributed by atoms with Crippen LogP contribution in [0, 0.1) is 6.92 Å². The van der Waals surface area contributed by atoms with Gasteiger partial charge in [-0.25, -0.2) is 4.98 Å². The predicted octanol–water partition coefficient (Wildman–Crippen LogP) is 2.66. The summed E-state index contributed by atoms with van der Waals surface area (Å²) >= 11 is 4.89. The van der Waals surface area contributed by atoms with Gasteiger partial charge in [0.25, 0.3) is 0 Å². The third-order valence-corrected chi connectivity index (χ3v) is 4.43. The van der Waals surface area contributed by atoms with Crippen molar-refractivity contribution in [2.75, 3.05) is 18.0 Å². The number of ether oxygens (including phenoxy) is 1. The Balaban J connectivity index is 1.65. The zero-order valence-corrected chi connectivity index (χ0v) is 12.8. The fourth-order valence-corrected chi connectivity index (χ4v) is 3.10. The second-order valence-electron chi connectivity index (χ2n) is 4.40. The minimum atomic E-state index is 0.183. The van der Waals surface area contributed by atoms with E-state index in [0.29, 0.717) is 0 Å². The number of halogens is 1. The van der Waals surface area contributed by atoms with Gasteiger partial charge in [0.2, 0.25) is 5.13 Å². The number of aryl methyl sites for hydroxylation is 1. The molecule has 0 N–H and O–H groups in total. The van der Waals surface area contributed by atoms with Crippen LogP contribution in [0.1, 0.15) is 12.2 Å².